The Morgan fingerprint density at radius 2 is 1.97 bits per heavy atom. The van der Waals surface area contributed by atoms with Crippen LogP contribution in [0.5, 0.6) is 0 Å². The first-order valence-corrected chi connectivity index (χ1v) is 11.5. The molecule has 164 valence electrons. The largest absolute Gasteiger partial charge is 0.447 e. The van der Waals surface area contributed by atoms with Crippen molar-refractivity contribution in [1.29, 1.82) is 0 Å². The van der Waals surface area contributed by atoms with Gasteiger partial charge in [0.1, 0.15) is 12.3 Å². The topological polar surface area (TPSA) is 64.4 Å². The van der Waals surface area contributed by atoms with Gasteiger partial charge in [-0.1, -0.05) is 48.5 Å². The standard InChI is InChI=1S/C26H21N3O3S/c30-23(20-8-4-9-22(16-20)29-13-14-32-26(29)31)12-11-21-18-28(17-19-6-2-1-3-7-19)27-25(21)24-10-5-15-33-24/h1-12,15-16,18H,13-14,17H2. The maximum Gasteiger partial charge on any atom is 0.414 e. The van der Waals surface area contributed by atoms with Crippen LogP contribution in [-0.2, 0) is 11.3 Å². The highest BCUT2D eigenvalue weighted by Gasteiger charge is 2.24. The van der Waals surface area contributed by atoms with Crippen LogP contribution >= 0.6 is 11.3 Å². The lowest BCUT2D eigenvalue weighted by atomic mass is 10.1. The van der Waals surface area contributed by atoms with E-state index in [2.05, 4.69) is 12.1 Å². The van der Waals surface area contributed by atoms with Crippen LogP contribution in [0, 0.1) is 0 Å². The van der Waals surface area contributed by atoms with Crippen LogP contribution in [0.2, 0.25) is 0 Å². The summed E-state index contributed by atoms with van der Waals surface area (Å²) in [6.45, 7) is 1.49. The van der Waals surface area contributed by atoms with Gasteiger partial charge in [0, 0.05) is 23.0 Å². The number of hydrogen-bond donors (Lipinski definition) is 0. The summed E-state index contributed by atoms with van der Waals surface area (Å²) < 4.78 is 6.90. The molecule has 4 aromatic rings. The van der Waals surface area contributed by atoms with Gasteiger partial charge in [-0.3, -0.25) is 14.4 Å². The molecular formula is C26H21N3O3S. The van der Waals surface area contributed by atoms with Crippen molar-refractivity contribution in [3.05, 3.63) is 101 Å². The molecule has 0 atom stereocenters. The fraction of sp³-hybridized carbons (Fsp3) is 0.115. The van der Waals surface area contributed by atoms with Gasteiger partial charge in [-0.2, -0.15) is 5.10 Å². The molecule has 6 nitrogen and oxygen atoms in total. The van der Waals surface area contributed by atoms with Crippen molar-refractivity contribution in [3.63, 3.8) is 0 Å². The molecule has 1 amide bonds. The van der Waals surface area contributed by atoms with E-state index in [4.69, 9.17) is 9.84 Å². The summed E-state index contributed by atoms with van der Waals surface area (Å²) in [4.78, 5) is 27.3. The molecule has 0 aliphatic carbocycles. The number of allylic oxidation sites excluding steroid dienone is 1. The third-order valence-corrected chi connectivity index (χ3v) is 6.23. The van der Waals surface area contributed by atoms with Crippen LogP contribution in [0.3, 0.4) is 0 Å². The van der Waals surface area contributed by atoms with Crippen molar-refractivity contribution in [2.45, 2.75) is 6.54 Å². The Hall–Kier alpha value is -3.97. The van der Waals surface area contributed by atoms with E-state index in [1.807, 2.05) is 52.7 Å². The number of hydrogen-bond acceptors (Lipinski definition) is 5. The third kappa shape index (κ3) is 4.63. The molecule has 0 saturated carbocycles. The monoisotopic (exact) mass is 455 g/mol. The second-order valence-electron chi connectivity index (χ2n) is 7.61. The van der Waals surface area contributed by atoms with Gasteiger partial charge in [0.2, 0.25) is 0 Å². The number of rotatable bonds is 7. The maximum absolute atomic E-state index is 12.9. The molecule has 2 aromatic heterocycles. The third-order valence-electron chi connectivity index (χ3n) is 5.35. The Balaban J connectivity index is 1.40. The number of thiophene rings is 1. The van der Waals surface area contributed by atoms with Crippen LogP contribution < -0.4 is 4.90 Å². The highest BCUT2D eigenvalue weighted by molar-refractivity contribution is 7.13. The summed E-state index contributed by atoms with van der Waals surface area (Å²) in [5, 5.41) is 6.79. The molecule has 1 saturated heterocycles. The summed E-state index contributed by atoms with van der Waals surface area (Å²) in [6.07, 6.45) is 4.94. The fourth-order valence-corrected chi connectivity index (χ4v) is 4.46. The molecule has 0 unspecified atom stereocenters. The number of carbonyl (C=O) groups excluding carboxylic acids is 2. The highest BCUT2D eigenvalue weighted by atomic mass is 32.1. The number of nitrogens with zero attached hydrogens (tertiary/aromatic N) is 3. The van der Waals surface area contributed by atoms with E-state index in [0.29, 0.717) is 30.9 Å². The van der Waals surface area contributed by atoms with Crippen molar-refractivity contribution in [1.82, 2.24) is 9.78 Å². The molecule has 2 aromatic carbocycles. The molecule has 7 heteroatoms. The molecule has 0 N–H and O–H groups in total. The van der Waals surface area contributed by atoms with E-state index in [1.165, 1.54) is 4.90 Å². The number of amides is 1. The average molecular weight is 456 g/mol. The zero-order valence-corrected chi connectivity index (χ0v) is 18.6. The zero-order valence-electron chi connectivity index (χ0n) is 17.8. The van der Waals surface area contributed by atoms with Crippen LogP contribution in [0.25, 0.3) is 16.6 Å². The van der Waals surface area contributed by atoms with Gasteiger partial charge in [-0.05, 0) is 41.3 Å². The number of carbonyl (C=O) groups is 2. The number of ether oxygens (including phenoxy) is 1. The highest BCUT2D eigenvalue weighted by Crippen LogP contribution is 2.28. The molecule has 5 rings (SSSR count). The average Bonchev–Trinajstić information content (AvgIpc) is 3.59. The quantitative estimate of drug-likeness (QED) is 0.272. The Bertz CT molecular complexity index is 1310. The van der Waals surface area contributed by atoms with Gasteiger partial charge in [0.25, 0.3) is 0 Å². The van der Waals surface area contributed by atoms with Crippen molar-refractivity contribution in [2.75, 3.05) is 18.1 Å². The first kappa shape index (κ1) is 20.9. The minimum atomic E-state index is -0.387. The first-order chi connectivity index (χ1) is 16.2. The lowest BCUT2D eigenvalue weighted by Gasteiger charge is -2.13. The van der Waals surface area contributed by atoms with Gasteiger partial charge in [-0.25, -0.2) is 4.79 Å². The lowest BCUT2D eigenvalue weighted by molar-refractivity contribution is 0.104. The van der Waals surface area contributed by atoms with Crippen molar-refractivity contribution in [3.8, 4) is 10.6 Å². The van der Waals surface area contributed by atoms with Crippen LogP contribution in [-0.4, -0.2) is 34.8 Å². The number of benzene rings is 2. The van der Waals surface area contributed by atoms with E-state index >= 15 is 0 Å². The zero-order chi connectivity index (χ0) is 22.6. The lowest BCUT2D eigenvalue weighted by Crippen LogP contribution is -2.23. The van der Waals surface area contributed by atoms with E-state index in [1.54, 1.807) is 41.7 Å². The number of cyclic esters (lactones) is 1. The minimum absolute atomic E-state index is 0.141. The second kappa shape index (κ2) is 9.26. The van der Waals surface area contributed by atoms with E-state index in [0.717, 1.165) is 21.7 Å². The summed E-state index contributed by atoms with van der Waals surface area (Å²) >= 11 is 1.61. The van der Waals surface area contributed by atoms with Gasteiger partial charge in [0.15, 0.2) is 5.78 Å². The summed E-state index contributed by atoms with van der Waals surface area (Å²) in [6, 6.07) is 21.2. The van der Waals surface area contributed by atoms with Crippen LogP contribution in [0.1, 0.15) is 21.5 Å². The summed E-state index contributed by atoms with van der Waals surface area (Å²) in [5.74, 6) is -0.141. The first-order valence-electron chi connectivity index (χ1n) is 10.6. The molecule has 0 spiro atoms. The van der Waals surface area contributed by atoms with Gasteiger partial charge in [0.05, 0.1) is 18.0 Å². The molecule has 0 radical (unpaired) electrons. The van der Waals surface area contributed by atoms with Crippen molar-refractivity contribution >= 4 is 35.0 Å². The maximum atomic E-state index is 12.9. The fourth-order valence-electron chi connectivity index (χ4n) is 3.73. The predicted octanol–water partition coefficient (Wildman–Crippen LogP) is 5.51. The molecular weight excluding hydrogens is 434 g/mol. The molecule has 1 aliphatic rings. The Kier molecular flexibility index (Phi) is 5.87. The van der Waals surface area contributed by atoms with Gasteiger partial charge >= 0.3 is 6.09 Å². The summed E-state index contributed by atoms with van der Waals surface area (Å²) in [7, 11) is 0. The predicted molar refractivity (Wildman–Crippen MR) is 130 cm³/mol. The Morgan fingerprint density at radius 3 is 2.73 bits per heavy atom. The minimum Gasteiger partial charge on any atom is -0.447 e. The molecule has 0 bridgehead atoms. The Morgan fingerprint density at radius 1 is 1.09 bits per heavy atom. The molecule has 1 aliphatic heterocycles. The molecule has 3 heterocycles. The summed E-state index contributed by atoms with van der Waals surface area (Å²) in [5.41, 5.74) is 4.05. The normalized spacial score (nSPS) is 13.6. The van der Waals surface area contributed by atoms with Gasteiger partial charge in [-0.15, -0.1) is 11.3 Å². The van der Waals surface area contributed by atoms with Crippen LogP contribution in [0.15, 0.2) is 84.4 Å². The van der Waals surface area contributed by atoms with Crippen molar-refractivity contribution < 1.29 is 14.3 Å². The smallest absolute Gasteiger partial charge is 0.414 e. The van der Waals surface area contributed by atoms with E-state index < -0.39 is 0 Å². The van der Waals surface area contributed by atoms with Gasteiger partial charge < -0.3 is 4.74 Å². The SMILES string of the molecule is O=C(C=Cc1cn(Cc2ccccc2)nc1-c1cccs1)c1cccc(N2CCOC2=O)c1. The van der Waals surface area contributed by atoms with Crippen LogP contribution in [0.4, 0.5) is 10.5 Å². The molecule has 1 fully saturated rings. The van der Waals surface area contributed by atoms with E-state index in [-0.39, 0.29) is 11.9 Å². The second-order valence-corrected chi connectivity index (χ2v) is 8.56. The number of ketones is 1. The Labute approximate surface area is 195 Å². The van der Waals surface area contributed by atoms with E-state index in [9.17, 15) is 9.59 Å². The number of aromatic nitrogens is 2. The van der Waals surface area contributed by atoms with Crippen molar-refractivity contribution in [2.24, 2.45) is 0 Å². The molecule has 33 heavy (non-hydrogen) atoms. The number of anilines is 1.